The molecule has 2 heterocycles. The SMILES string of the molecule is Cc1cnn(CCNC(=O)N2C[C@H](O)C[C@@H]2C(=O)O)c1. The van der Waals surface area contributed by atoms with Gasteiger partial charge in [0.05, 0.1) is 18.8 Å². The first-order chi connectivity index (χ1) is 9.47. The van der Waals surface area contributed by atoms with Crippen LogP contribution < -0.4 is 5.32 Å². The molecule has 0 spiro atoms. The van der Waals surface area contributed by atoms with Crippen molar-refractivity contribution < 1.29 is 19.8 Å². The smallest absolute Gasteiger partial charge is 0.326 e. The third-order valence-corrected chi connectivity index (χ3v) is 3.20. The third kappa shape index (κ3) is 3.27. The van der Waals surface area contributed by atoms with Gasteiger partial charge in [-0.2, -0.15) is 5.10 Å². The monoisotopic (exact) mass is 282 g/mol. The van der Waals surface area contributed by atoms with E-state index in [1.54, 1.807) is 10.9 Å². The summed E-state index contributed by atoms with van der Waals surface area (Å²) >= 11 is 0. The fourth-order valence-electron chi connectivity index (χ4n) is 2.24. The van der Waals surface area contributed by atoms with Crippen LogP contribution in [0.2, 0.25) is 0 Å². The summed E-state index contributed by atoms with van der Waals surface area (Å²) in [6, 6.07) is -1.44. The van der Waals surface area contributed by atoms with E-state index in [2.05, 4.69) is 10.4 Å². The van der Waals surface area contributed by atoms with Gasteiger partial charge in [0, 0.05) is 25.7 Å². The topological polar surface area (TPSA) is 108 Å². The Morgan fingerprint density at radius 3 is 2.90 bits per heavy atom. The highest BCUT2D eigenvalue weighted by molar-refractivity contribution is 5.83. The minimum Gasteiger partial charge on any atom is -0.480 e. The van der Waals surface area contributed by atoms with Crippen molar-refractivity contribution in [1.82, 2.24) is 20.0 Å². The van der Waals surface area contributed by atoms with Crippen molar-refractivity contribution in [2.45, 2.75) is 32.0 Å². The van der Waals surface area contributed by atoms with Crippen LogP contribution in [0.25, 0.3) is 0 Å². The highest BCUT2D eigenvalue weighted by atomic mass is 16.4. The van der Waals surface area contributed by atoms with Gasteiger partial charge in [-0.1, -0.05) is 0 Å². The predicted molar refractivity (Wildman–Crippen MR) is 69.1 cm³/mol. The highest BCUT2D eigenvalue weighted by Crippen LogP contribution is 2.17. The van der Waals surface area contributed by atoms with E-state index in [4.69, 9.17) is 5.11 Å². The van der Waals surface area contributed by atoms with E-state index in [0.717, 1.165) is 10.5 Å². The summed E-state index contributed by atoms with van der Waals surface area (Å²) in [5, 5.41) is 25.2. The Bertz CT molecular complexity index is 501. The lowest BCUT2D eigenvalue weighted by Gasteiger charge is -2.21. The molecule has 2 amide bonds. The molecule has 0 aromatic carbocycles. The first kappa shape index (κ1) is 14.3. The third-order valence-electron chi connectivity index (χ3n) is 3.20. The molecule has 1 aliphatic rings. The molecule has 1 saturated heterocycles. The van der Waals surface area contributed by atoms with Crippen molar-refractivity contribution in [2.75, 3.05) is 13.1 Å². The lowest BCUT2D eigenvalue weighted by atomic mass is 10.2. The summed E-state index contributed by atoms with van der Waals surface area (Å²) in [5.74, 6) is -1.10. The Hall–Kier alpha value is -2.09. The van der Waals surface area contributed by atoms with Gasteiger partial charge in [-0.05, 0) is 12.5 Å². The van der Waals surface area contributed by atoms with Crippen molar-refractivity contribution in [3.63, 3.8) is 0 Å². The maximum absolute atomic E-state index is 11.9. The summed E-state index contributed by atoms with van der Waals surface area (Å²) in [4.78, 5) is 24.1. The van der Waals surface area contributed by atoms with E-state index in [9.17, 15) is 14.7 Å². The second kappa shape index (κ2) is 5.91. The van der Waals surface area contributed by atoms with E-state index < -0.39 is 24.1 Å². The Balaban J connectivity index is 1.83. The number of nitrogens with one attached hydrogen (secondary N) is 1. The molecule has 8 heteroatoms. The second-order valence-corrected chi connectivity index (χ2v) is 4.91. The number of amides is 2. The standard InChI is InChI=1S/C12H18N4O4/c1-8-5-14-15(6-8)3-2-13-12(20)16-7-9(17)4-10(16)11(18)19/h5-6,9-10,17H,2-4,7H2,1H3,(H,13,20)(H,18,19)/t9-,10-/m1/s1. The number of carboxylic acids is 1. The molecule has 1 aliphatic heterocycles. The second-order valence-electron chi connectivity index (χ2n) is 4.91. The molecule has 0 aliphatic carbocycles. The van der Waals surface area contributed by atoms with Gasteiger partial charge in [-0.15, -0.1) is 0 Å². The molecule has 0 bridgehead atoms. The lowest BCUT2D eigenvalue weighted by Crippen LogP contribution is -2.46. The van der Waals surface area contributed by atoms with Crippen LogP contribution in [0, 0.1) is 6.92 Å². The lowest BCUT2D eigenvalue weighted by molar-refractivity contribution is -0.141. The zero-order valence-corrected chi connectivity index (χ0v) is 11.2. The highest BCUT2D eigenvalue weighted by Gasteiger charge is 2.38. The minimum atomic E-state index is -1.10. The average Bonchev–Trinajstić information content (AvgIpc) is 2.95. The van der Waals surface area contributed by atoms with Crippen LogP contribution in [0.4, 0.5) is 4.79 Å². The normalized spacial score (nSPS) is 22.0. The summed E-state index contributed by atoms with van der Waals surface area (Å²) in [6.45, 7) is 2.82. The molecular weight excluding hydrogens is 264 g/mol. The van der Waals surface area contributed by atoms with Gasteiger partial charge in [0.2, 0.25) is 0 Å². The summed E-state index contributed by atoms with van der Waals surface area (Å²) < 4.78 is 1.70. The van der Waals surface area contributed by atoms with E-state index in [0.29, 0.717) is 13.1 Å². The molecular formula is C12H18N4O4. The Labute approximate surface area is 116 Å². The Kier molecular flexibility index (Phi) is 4.23. The fourth-order valence-corrected chi connectivity index (χ4v) is 2.24. The molecule has 110 valence electrons. The number of β-amino-alcohol motifs (C(OH)–C–C–N with tert-alkyl or cyclic N) is 1. The number of aliphatic hydroxyl groups is 1. The number of hydrogen-bond donors (Lipinski definition) is 3. The molecule has 0 radical (unpaired) electrons. The van der Waals surface area contributed by atoms with E-state index >= 15 is 0 Å². The largest absolute Gasteiger partial charge is 0.480 e. The Morgan fingerprint density at radius 1 is 1.55 bits per heavy atom. The molecule has 0 unspecified atom stereocenters. The molecule has 2 rings (SSSR count). The van der Waals surface area contributed by atoms with Crippen LogP contribution in [0.15, 0.2) is 12.4 Å². The summed E-state index contributed by atoms with van der Waals surface area (Å²) in [7, 11) is 0. The number of rotatable bonds is 4. The molecule has 2 atom stereocenters. The van der Waals surface area contributed by atoms with Gasteiger partial charge in [0.25, 0.3) is 0 Å². The van der Waals surface area contributed by atoms with Crippen molar-refractivity contribution in [2.24, 2.45) is 0 Å². The van der Waals surface area contributed by atoms with Gasteiger partial charge < -0.3 is 20.4 Å². The van der Waals surface area contributed by atoms with Gasteiger partial charge in [-0.25, -0.2) is 9.59 Å². The number of likely N-dealkylation sites (tertiary alicyclic amines) is 1. The molecule has 1 fully saturated rings. The number of hydrogen-bond acceptors (Lipinski definition) is 4. The molecule has 8 nitrogen and oxygen atoms in total. The van der Waals surface area contributed by atoms with Crippen LogP contribution in [0.3, 0.4) is 0 Å². The van der Waals surface area contributed by atoms with Crippen molar-refractivity contribution in [1.29, 1.82) is 0 Å². The van der Waals surface area contributed by atoms with Crippen LogP contribution >= 0.6 is 0 Å². The van der Waals surface area contributed by atoms with E-state index in [-0.39, 0.29) is 13.0 Å². The number of aliphatic hydroxyl groups excluding tert-OH is 1. The minimum absolute atomic E-state index is 0.0453. The summed E-state index contributed by atoms with van der Waals surface area (Å²) in [6.07, 6.45) is 2.86. The van der Waals surface area contributed by atoms with Crippen LogP contribution in [-0.4, -0.2) is 62.1 Å². The van der Waals surface area contributed by atoms with Crippen LogP contribution in [0.5, 0.6) is 0 Å². The number of urea groups is 1. The van der Waals surface area contributed by atoms with E-state index in [1.807, 2.05) is 13.1 Å². The van der Waals surface area contributed by atoms with Crippen LogP contribution in [0.1, 0.15) is 12.0 Å². The molecule has 1 aromatic rings. The van der Waals surface area contributed by atoms with Gasteiger partial charge in [0.15, 0.2) is 0 Å². The maximum atomic E-state index is 11.9. The zero-order chi connectivity index (χ0) is 14.7. The number of carbonyl (C=O) groups excluding carboxylic acids is 1. The summed E-state index contributed by atoms with van der Waals surface area (Å²) in [5.41, 5.74) is 1.03. The maximum Gasteiger partial charge on any atom is 0.326 e. The fraction of sp³-hybridized carbons (Fsp3) is 0.583. The van der Waals surface area contributed by atoms with Crippen molar-refractivity contribution in [3.8, 4) is 0 Å². The number of aliphatic carboxylic acids is 1. The molecule has 1 aromatic heterocycles. The molecule has 3 N–H and O–H groups in total. The Morgan fingerprint density at radius 2 is 2.30 bits per heavy atom. The van der Waals surface area contributed by atoms with E-state index in [1.165, 1.54) is 0 Å². The van der Waals surface area contributed by atoms with Gasteiger partial charge in [0.1, 0.15) is 6.04 Å². The number of carbonyl (C=O) groups is 2. The van der Waals surface area contributed by atoms with Crippen molar-refractivity contribution in [3.05, 3.63) is 18.0 Å². The quantitative estimate of drug-likeness (QED) is 0.685. The number of aryl methyl sites for hydroxylation is 1. The number of aromatic nitrogens is 2. The van der Waals surface area contributed by atoms with Gasteiger partial charge in [-0.3, -0.25) is 4.68 Å². The number of carboxylic acid groups (broad SMARTS) is 1. The average molecular weight is 282 g/mol. The molecule has 20 heavy (non-hydrogen) atoms. The van der Waals surface area contributed by atoms with Crippen LogP contribution in [-0.2, 0) is 11.3 Å². The number of nitrogens with zero attached hydrogens (tertiary/aromatic N) is 3. The van der Waals surface area contributed by atoms with Gasteiger partial charge >= 0.3 is 12.0 Å². The first-order valence-corrected chi connectivity index (χ1v) is 6.42. The zero-order valence-electron chi connectivity index (χ0n) is 11.2. The first-order valence-electron chi connectivity index (χ1n) is 6.42. The molecule has 0 saturated carbocycles. The predicted octanol–water partition coefficient (Wildman–Crippen LogP) is -0.579. The van der Waals surface area contributed by atoms with Crippen molar-refractivity contribution >= 4 is 12.0 Å².